The van der Waals surface area contributed by atoms with Crippen molar-refractivity contribution in [3.8, 4) is 11.5 Å². The summed E-state index contributed by atoms with van der Waals surface area (Å²) in [6.45, 7) is 0.976. The van der Waals surface area contributed by atoms with Crippen LogP contribution in [0.3, 0.4) is 0 Å². The number of allylic oxidation sites excluding steroid dienone is 1. The Balaban J connectivity index is 1.19. The highest BCUT2D eigenvalue weighted by atomic mass is 16.5. The number of carbonyl (C=O) groups excluding carboxylic acids is 10. The van der Waals surface area contributed by atoms with E-state index in [-0.39, 0.29) is 12.8 Å². The average Bonchev–Trinajstić information content (AvgIpc) is 4.30. The maximum Gasteiger partial charge on any atom is 0.333 e. The lowest BCUT2D eigenvalue weighted by Crippen LogP contribution is -2.60. The van der Waals surface area contributed by atoms with Gasteiger partial charge in [-0.2, -0.15) is 0 Å². The molecular formula is C58H68N10O14. The Kier molecular flexibility index (Phi) is 18.5. The summed E-state index contributed by atoms with van der Waals surface area (Å²) in [5, 5.41) is 33.0. The molecule has 6 N–H and O–H groups in total. The number of hydrogen-bond donors (Lipinski definition) is 6. The number of hydrogen-bond acceptors (Lipinski definition) is 16. The topological polar surface area (TPSA) is 316 Å². The number of amides is 8. The Bertz CT molecular complexity index is 3250. The van der Waals surface area contributed by atoms with Gasteiger partial charge in [-0.05, 0) is 94.5 Å². The smallest absolute Gasteiger partial charge is 0.333 e. The number of rotatable bonds is 6. The van der Waals surface area contributed by atoms with E-state index in [1.54, 1.807) is 54.6 Å². The first-order valence-corrected chi connectivity index (χ1v) is 27.3. The number of para-hydroxylation sites is 2. The molecule has 0 radical (unpaired) electrons. The zero-order valence-electron chi connectivity index (χ0n) is 46.5. The summed E-state index contributed by atoms with van der Waals surface area (Å²) < 4.78 is 11.7. The molecule has 8 amide bonds. The number of likely N-dealkylation sites (N-methyl/N-ethyl adjacent to an activating group) is 4. The summed E-state index contributed by atoms with van der Waals surface area (Å²) in [7, 11) is 5.35. The molecule has 1 saturated carbocycles. The highest BCUT2D eigenvalue weighted by molar-refractivity contribution is 6.03. The third kappa shape index (κ3) is 13.0. The average molecular weight is 1130 g/mol. The molecule has 24 heteroatoms. The fourth-order valence-electron chi connectivity index (χ4n) is 11.0. The molecule has 4 heterocycles. The van der Waals surface area contributed by atoms with Crippen LogP contribution in [-0.2, 0) is 47.8 Å². The number of benzene rings is 2. The van der Waals surface area contributed by atoms with Crippen LogP contribution in [-0.4, -0.2) is 189 Å². The summed E-state index contributed by atoms with van der Waals surface area (Å²) in [5.74, 6) is -10.8. The van der Waals surface area contributed by atoms with Crippen molar-refractivity contribution < 1.29 is 67.6 Å². The third-order valence-electron chi connectivity index (χ3n) is 15.6. The molecule has 2 aliphatic carbocycles. The van der Waals surface area contributed by atoms with Crippen molar-refractivity contribution >= 4 is 81.0 Å². The van der Waals surface area contributed by atoms with Crippen LogP contribution in [0.5, 0.6) is 11.5 Å². The highest BCUT2D eigenvalue weighted by Gasteiger charge is 2.44. The number of ether oxygens (including phenoxy) is 2. The Morgan fingerprint density at radius 2 is 1.05 bits per heavy atom. The van der Waals surface area contributed by atoms with E-state index in [2.05, 4.69) is 31.2 Å². The second-order valence-electron chi connectivity index (χ2n) is 21.2. The number of pyridine rings is 2. The van der Waals surface area contributed by atoms with Crippen molar-refractivity contribution in [2.45, 2.75) is 120 Å². The van der Waals surface area contributed by atoms with E-state index in [1.807, 2.05) is 0 Å². The number of aromatic hydroxyl groups is 2. The van der Waals surface area contributed by atoms with Crippen molar-refractivity contribution in [3.63, 3.8) is 0 Å². The normalized spacial score (nSPS) is 26.0. The molecule has 1 fully saturated rings. The van der Waals surface area contributed by atoms with E-state index in [9.17, 15) is 48.6 Å². The maximum atomic E-state index is 15.1. The quantitative estimate of drug-likeness (QED) is 0.119. The minimum absolute atomic E-state index is 0.230. The lowest BCUT2D eigenvalue weighted by Gasteiger charge is -2.37. The van der Waals surface area contributed by atoms with Gasteiger partial charge in [0, 0.05) is 39.0 Å². The first kappa shape index (κ1) is 59.2. The van der Waals surface area contributed by atoms with Crippen LogP contribution < -0.4 is 21.3 Å². The second-order valence-corrected chi connectivity index (χ2v) is 21.2. The number of fused-ring (bicyclic) bond motifs is 6. The highest BCUT2D eigenvalue weighted by Crippen LogP contribution is 2.32. The van der Waals surface area contributed by atoms with Crippen molar-refractivity contribution in [3.05, 3.63) is 95.9 Å². The monoisotopic (exact) mass is 1130 g/mol. The zero-order valence-corrected chi connectivity index (χ0v) is 46.5. The number of esters is 2. The van der Waals surface area contributed by atoms with E-state index >= 15 is 9.59 Å². The van der Waals surface area contributed by atoms with Crippen LogP contribution in [0.4, 0.5) is 0 Å². The molecule has 24 nitrogen and oxygen atoms in total. The van der Waals surface area contributed by atoms with Gasteiger partial charge in [0.2, 0.25) is 35.4 Å². The molecule has 0 spiro atoms. The van der Waals surface area contributed by atoms with Crippen LogP contribution in [0.1, 0.15) is 92.6 Å². The van der Waals surface area contributed by atoms with Crippen LogP contribution in [0, 0.1) is 5.92 Å². The van der Waals surface area contributed by atoms with Crippen LogP contribution in [0.2, 0.25) is 0 Å². The number of nitrogens with one attached hydrogen (secondary N) is 4. The first-order chi connectivity index (χ1) is 39.1. The molecule has 2 aromatic carbocycles. The van der Waals surface area contributed by atoms with Gasteiger partial charge in [-0.1, -0.05) is 67.5 Å². The lowest BCUT2D eigenvalue weighted by molar-refractivity contribution is -0.160. The van der Waals surface area contributed by atoms with Crippen LogP contribution >= 0.6 is 0 Å². The van der Waals surface area contributed by atoms with Gasteiger partial charge >= 0.3 is 11.9 Å². The predicted octanol–water partition coefficient (Wildman–Crippen LogP) is 2.16. The van der Waals surface area contributed by atoms with E-state index in [0.717, 1.165) is 14.7 Å². The molecular weight excluding hydrogens is 1060 g/mol. The molecule has 2 bridgehead atoms. The largest absolute Gasteiger partial charge is 0.505 e. The van der Waals surface area contributed by atoms with Gasteiger partial charge in [-0.25, -0.2) is 19.6 Å². The van der Waals surface area contributed by atoms with Gasteiger partial charge in [-0.15, -0.1) is 0 Å². The second kappa shape index (κ2) is 25.7. The van der Waals surface area contributed by atoms with Gasteiger partial charge in [0.15, 0.2) is 17.4 Å². The Labute approximate surface area is 472 Å². The summed E-state index contributed by atoms with van der Waals surface area (Å²) in [4.78, 5) is 158. The molecule has 4 aromatic rings. The predicted molar refractivity (Wildman–Crippen MR) is 295 cm³/mol. The molecule has 8 atom stereocenters. The van der Waals surface area contributed by atoms with Crippen LogP contribution in [0.15, 0.2) is 84.5 Å². The minimum Gasteiger partial charge on any atom is -0.505 e. The molecule has 0 unspecified atom stereocenters. The molecule has 82 heavy (non-hydrogen) atoms. The fourth-order valence-corrected chi connectivity index (χ4v) is 11.0. The first-order valence-electron chi connectivity index (χ1n) is 27.3. The molecule has 2 aromatic heterocycles. The SMILES string of the molecule is C[C@@H]1NC(=O)[C@H](NC(=O)c2nc3ccccc3cc2O)COC(=O)[C@H](C2CCCC2)N(C)C(=O)[C@@H]2C/C=C\C[C@@H](C(=O)N(C)[C@@H](C3=CCCC3)C(=O)OC[C@@H](NC(=O)c3nc4ccccc4cc3O)C(=O)N[C@@H](C)C(=O)N2C)N(C)C1=O. The third-order valence-corrected chi connectivity index (χ3v) is 15.6. The maximum absolute atomic E-state index is 15.1. The Morgan fingerprint density at radius 3 is 1.51 bits per heavy atom. The number of carbonyl (C=O) groups is 10. The van der Waals surface area contributed by atoms with Gasteiger partial charge in [0.25, 0.3) is 11.8 Å². The number of cyclic esters (lactones) is 2. The van der Waals surface area contributed by atoms with Crippen molar-refractivity contribution in [2.75, 3.05) is 41.4 Å². The Morgan fingerprint density at radius 1 is 0.598 bits per heavy atom. The van der Waals surface area contributed by atoms with Crippen molar-refractivity contribution in [1.82, 2.24) is 50.8 Å². The molecule has 0 saturated heterocycles. The van der Waals surface area contributed by atoms with Crippen molar-refractivity contribution in [2.24, 2.45) is 5.92 Å². The van der Waals surface area contributed by atoms with Gasteiger partial charge in [0.1, 0.15) is 67.0 Å². The molecule has 8 rings (SSSR count). The minimum atomic E-state index is -1.75. The standard InChI is InChI=1S/C58H68N10O14/c1-31-53(75)65(3)41-25-15-16-26-42(56(78)68(6)48(34-19-9-10-20-34)57(79)81-29-39(49(71)59-31)63-51(73)45-43(69)27-35-21-11-13-23-37(35)61-45)66(4)54(76)32(2)60-50(72)40(30-82-58(80)47(67(5)55(41)77)33-17-7-8-18-33)64-52(74)46-44(70)28-36-22-12-14-24-38(36)62-46/h11-17,21-24,27-28,31-32,34,39-42,47-48,69-70H,7-10,18-20,25-26,29-30H2,1-6H3,(H,59,71)(H,60,72)(H,63,73)(H,64,74)/b16-15-/t31-,32-,39+,40+,41-,42-,47-,48-/m0/s1. The van der Waals surface area contributed by atoms with E-state index < -0.39 is 150 Å². The number of nitrogens with zero attached hydrogens (tertiary/aromatic N) is 6. The molecule has 4 aliphatic rings. The summed E-state index contributed by atoms with van der Waals surface area (Å²) in [6, 6.07) is 4.04. The van der Waals surface area contributed by atoms with E-state index in [0.29, 0.717) is 72.3 Å². The zero-order chi connectivity index (χ0) is 59.1. The molecule has 434 valence electrons. The summed E-state index contributed by atoms with van der Waals surface area (Å²) in [6.07, 6.45) is 8.28. The molecule has 2 aliphatic heterocycles. The number of aromatic nitrogens is 2. The van der Waals surface area contributed by atoms with Gasteiger partial charge < -0.3 is 60.6 Å². The summed E-state index contributed by atoms with van der Waals surface area (Å²) >= 11 is 0. The van der Waals surface area contributed by atoms with Crippen molar-refractivity contribution in [1.29, 1.82) is 0 Å². The fraction of sp³-hybridized carbons (Fsp3) is 0.448. The van der Waals surface area contributed by atoms with Gasteiger partial charge in [-0.3, -0.25) is 38.4 Å². The van der Waals surface area contributed by atoms with E-state index in [4.69, 9.17) is 9.47 Å². The summed E-state index contributed by atoms with van der Waals surface area (Å²) in [5.41, 5.74) is 0.238. The van der Waals surface area contributed by atoms with Gasteiger partial charge in [0.05, 0.1) is 11.0 Å². The van der Waals surface area contributed by atoms with Crippen LogP contribution in [0.25, 0.3) is 21.8 Å². The van der Waals surface area contributed by atoms with E-state index in [1.165, 1.54) is 71.2 Å². The lowest BCUT2D eigenvalue weighted by atomic mass is 9.95. The Hall–Kier alpha value is -8.96.